The first-order chi connectivity index (χ1) is 53.3. The van der Waals surface area contributed by atoms with Crippen LogP contribution in [-0.2, 0) is 94.3 Å². The molecule has 5 nitrogen and oxygen atoms in total. The van der Waals surface area contributed by atoms with Crippen LogP contribution in [0.2, 0.25) is 115 Å². The Hall–Kier alpha value is -5.38. The summed E-state index contributed by atoms with van der Waals surface area (Å²) < 4.78 is 0. The Morgan fingerprint density at radius 2 is 0.496 bits per heavy atom. The molecule has 5 N–H and O–H groups in total. The van der Waals surface area contributed by atoms with Gasteiger partial charge in [0.15, 0.2) is 0 Å². The summed E-state index contributed by atoms with van der Waals surface area (Å²) in [5.74, 6) is 4.82. The van der Waals surface area contributed by atoms with E-state index in [9.17, 15) is 25.5 Å². The fourth-order valence-electron chi connectivity index (χ4n) is 15.3. The van der Waals surface area contributed by atoms with Gasteiger partial charge in [0.05, 0.1) is 16.1 Å². The average molecular weight is 1660 g/mol. The molecule has 0 aromatic heterocycles. The lowest BCUT2D eigenvalue weighted by atomic mass is 9.78. The fraction of sp³-hybridized carbons (Fsp3) is 0.600. The van der Waals surface area contributed by atoms with Crippen LogP contribution in [0.15, 0.2) is 121 Å². The first-order valence-corrected chi connectivity index (χ1v) is 63.2. The van der Waals surface area contributed by atoms with E-state index in [4.69, 9.17) is 0 Å². The molecule has 7 rings (SSSR count). The van der Waals surface area contributed by atoms with Gasteiger partial charge in [0, 0.05) is 24.2 Å². The van der Waals surface area contributed by atoms with Crippen LogP contribution in [0.3, 0.4) is 0 Å². The van der Waals surface area contributed by atoms with Gasteiger partial charge in [-0.2, -0.15) is 0 Å². The molecule has 0 saturated carbocycles. The van der Waals surface area contributed by atoms with Crippen molar-refractivity contribution in [2.24, 2.45) is 23.7 Å². The van der Waals surface area contributed by atoms with E-state index in [1.165, 1.54) is 142 Å². The van der Waals surface area contributed by atoms with Crippen molar-refractivity contribution in [1.29, 1.82) is 0 Å². The van der Waals surface area contributed by atoms with Crippen LogP contribution < -0.4 is 10.4 Å². The maximum atomic E-state index is 10.5. The summed E-state index contributed by atoms with van der Waals surface area (Å²) >= 11 is 0. The van der Waals surface area contributed by atoms with Gasteiger partial charge in [0.1, 0.15) is 28.7 Å². The predicted molar refractivity (Wildman–Crippen MR) is 526 cm³/mol. The van der Waals surface area contributed by atoms with Crippen LogP contribution in [0.25, 0.3) is 0 Å². The number of hydrogen-bond acceptors (Lipinski definition) is 5. The van der Waals surface area contributed by atoms with E-state index < -0.39 is 40.4 Å². The van der Waals surface area contributed by atoms with E-state index in [1.54, 1.807) is 5.19 Å². The molecule has 10 heteroatoms. The average Bonchev–Trinajstić information content (AvgIpc) is 0.785. The summed E-state index contributed by atoms with van der Waals surface area (Å²) in [7, 11) is -5.99. The third-order valence-electron chi connectivity index (χ3n) is 22.7. The SMILES string of the molecule is CC(C)(C)c1cc(CC[Si](C)(C)C)c(C(C)(C)C)cc1O.CC(C)Cc1cc(CC[Si](C)(C)C)c(CC(C)C)cc1O.CC(C)Cc1cc(CC[Si](C)(C)c2ccccc2)c(CC(C)C)cc1O.CCCCc1cc(CC[Si](C)(C)C)c(CCCC)cc1O.CCCCc1cc(CC[Si](C)(C)c2ccccc2)c(CCCC)cc1O. The number of benzene rings is 7. The first-order valence-electron chi connectivity index (χ1n) is 45.7. The highest BCUT2D eigenvalue weighted by Gasteiger charge is 2.29. The van der Waals surface area contributed by atoms with Crippen molar-refractivity contribution in [3.8, 4) is 28.7 Å². The summed E-state index contributed by atoms with van der Waals surface area (Å²) in [5.41, 5.74) is 19.7. The van der Waals surface area contributed by atoms with Crippen molar-refractivity contribution >= 4 is 50.7 Å². The molecule has 0 aliphatic rings. The van der Waals surface area contributed by atoms with E-state index in [0.717, 1.165) is 111 Å². The second-order valence-electron chi connectivity index (χ2n) is 43.0. The molecular weight excluding hydrogens is 1480 g/mol. The van der Waals surface area contributed by atoms with Crippen LogP contribution in [0.1, 0.15) is 259 Å². The molecule has 7 aromatic carbocycles. The first kappa shape index (κ1) is 104. The van der Waals surface area contributed by atoms with Crippen molar-refractivity contribution in [1.82, 2.24) is 0 Å². The summed E-state index contributed by atoms with van der Waals surface area (Å²) in [6, 6.07) is 50.2. The van der Waals surface area contributed by atoms with Crippen molar-refractivity contribution in [3.63, 3.8) is 0 Å². The molecule has 7 aromatic rings. The number of aromatic hydroxyl groups is 5. The largest absolute Gasteiger partial charge is 0.508 e. The number of phenolic OH excluding ortho intramolecular Hbond substituents is 5. The lowest BCUT2D eigenvalue weighted by molar-refractivity contribution is 0.442. The van der Waals surface area contributed by atoms with Crippen LogP contribution in [0.5, 0.6) is 28.7 Å². The molecule has 0 unspecified atom stereocenters. The van der Waals surface area contributed by atoms with Gasteiger partial charge in [0.25, 0.3) is 0 Å². The highest BCUT2D eigenvalue weighted by atomic mass is 28.3. The van der Waals surface area contributed by atoms with Crippen LogP contribution in [-0.4, -0.2) is 65.9 Å². The Balaban J connectivity index is 0.000000374. The molecule has 0 radical (unpaired) electrons. The Kier molecular flexibility index (Phi) is 44.0. The second kappa shape index (κ2) is 48.8. The van der Waals surface area contributed by atoms with Crippen LogP contribution in [0.4, 0.5) is 0 Å². The summed E-state index contributed by atoms with van der Waals surface area (Å²) in [4.78, 5) is 0. The van der Waals surface area contributed by atoms with Gasteiger partial charge in [-0.15, -0.1) is 0 Å². The quantitative estimate of drug-likeness (QED) is 0.0250. The fourth-order valence-corrected chi connectivity index (χ4v) is 22.9. The molecule has 0 aliphatic heterocycles. The number of rotatable bonds is 37. The molecule has 644 valence electrons. The topological polar surface area (TPSA) is 101 Å². The van der Waals surface area contributed by atoms with Crippen LogP contribution in [0, 0.1) is 23.7 Å². The smallest absolute Gasteiger partial charge is 0.119 e. The van der Waals surface area contributed by atoms with E-state index in [-0.39, 0.29) is 10.8 Å². The minimum Gasteiger partial charge on any atom is -0.508 e. The Bertz CT molecular complexity index is 3940. The summed E-state index contributed by atoms with van der Waals surface area (Å²) in [5, 5.41) is 55.1. The zero-order valence-corrected chi connectivity index (χ0v) is 85.0. The molecule has 0 atom stereocenters. The minimum absolute atomic E-state index is 0.0194. The Morgan fingerprint density at radius 3 is 0.783 bits per heavy atom. The Labute approximate surface area is 714 Å². The zero-order valence-electron chi connectivity index (χ0n) is 80.0. The van der Waals surface area contributed by atoms with Crippen molar-refractivity contribution in [2.45, 2.75) is 386 Å². The van der Waals surface area contributed by atoms with Crippen molar-refractivity contribution < 1.29 is 25.5 Å². The molecular formula is C105H174O5Si5. The molecule has 115 heavy (non-hydrogen) atoms. The van der Waals surface area contributed by atoms with Gasteiger partial charge in [-0.25, -0.2) is 0 Å². The van der Waals surface area contributed by atoms with Gasteiger partial charge < -0.3 is 25.5 Å². The number of aryl methyl sites for hydroxylation is 9. The lowest BCUT2D eigenvalue weighted by Crippen LogP contribution is -2.41. The number of unbranched alkanes of at least 4 members (excludes halogenated alkanes) is 4. The maximum absolute atomic E-state index is 10.5. The van der Waals surface area contributed by atoms with Crippen molar-refractivity contribution in [3.05, 3.63) is 205 Å². The standard InChI is InChI=1S/2C24H36OSi.3C19H34OSi/c1-18(2)14-21-17-24(25)22(15-19(3)4)16-20(21)12-13-26(5,6)23-10-8-7-9-11-23;1-5-7-12-20-19-24(25)22(13-8-6-2)18-21(20)16-17-26(3,4)23-14-10-9-11-15-23;1-18(2,3)15-13-17(20)16(19(4,5)6)12-14(15)10-11-21(7,8)9;1-14(2)10-17-13-19(20)18(11-15(3)4)12-16(17)8-9-21(5,6)7;1-6-8-10-16-15-19(20)18(11-9-7-2)14-17(16)12-13-21(3,4)5/h7-11,16-19,25H,12-15H2,1-6H3;9-11,14-15,18-19,25H,5-8,12-13,16-17H2,1-4H3;12-13,20H,10-11H2,1-9H3;12-15,20H,8-11H2,1-7H3;14-15,20H,6-13H2,1-5H3. The minimum atomic E-state index is -1.45. The molecule has 0 bridgehead atoms. The van der Waals surface area contributed by atoms with Gasteiger partial charge in [-0.3, -0.25) is 0 Å². The van der Waals surface area contributed by atoms with Gasteiger partial charge in [-0.1, -0.05) is 355 Å². The maximum Gasteiger partial charge on any atom is 0.119 e. The second-order valence-corrected chi connectivity index (χ2v) is 69.6. The monoisotopic (exact) mass is 1660 g/mol. The van der Waals surface area contributed by atoms with Gasteiger partial charge in [0.2, 0.25) is 0 Å². The van der Waals surface area contributed by atoms with E-state index in [0.29, 0.717) is 52.4 Å². The number of hydrogen-bond donors (Lipinski definition) is 5. The normalized spacial score (nSPS) is 12.3. The van der Waals surface area contributed by atoms with Crippen molar-refractivity contribution in [2.75, 3.05) is 0 Å². The third-order valence-corrected chi connectivity index (χ3v) is 34.8. The zero-order chi connectivity index (χ0) is 87.0. The third kappa shape index (κ3) is 39.6. The predicted octanol–water partition coefficient (Wildman–Crippen LogP) is 29.7. The highest BCUT2D eigenvalue weighted by molar-refractivity contribution is 6.90. The highest BCUT2D eigenvalue weighted by Crippen LogP contribution is 2.40. The van der Waals surface area contributed by atoms with Crippen LogP contribution >= 0.6 is 0 Å². The molecule has 0 aliphatic carbocycles. The summed E-state index contributed by atoms with van der Waals surface area (Å²) in [6.07, 6.45) is 23.4. The number of phenols is 5. The summed E-state index contributed by atoms with van der Waals surface area (Å²) in [6.45, 7) is 71.8. The molecule has 0 saturated heterocycles. The molecule has 0 spiro atoms. The molecule has 0 heterocycles. The van der Waals surface area contributed by atoms with E-state index in [2.05, 4.69) is 313 Å². The lowest BCUT2D eigenvalue weighted by Gasteiger charge is -2.29. The van der Waals surface area contributed by atoms with E-state index in [1.807, 2.05) is 18.2 Å². The van der Waals surface area contributed by atoms with Gasteiger partial charge in [-0.05, 0) is 270 Å². The van der Waals surface area contributed by atoms with Gasteiger partial charge >= 0.3 is 0 Å². The Morgan fingerprint density at radius 1 is 0.252 bits per heavy atom. The molecule has 0 fully saturated rings. The van der Waals surface area contributed by atoms with E-state index >= 15 is 0 Å². The molecule has 0 amide bonds.